The van der Waals surface area contributed by atoms with E-state index in [9.17, 15) is 14.7 Å². The predicted octanol–water partition coefficient (Wildman–Crippen LogP) is 2.50. The summed E-state index contributed by atoms with van der Waals surface area (Å²) < 4.78 is 1.13. The fourth-order valence-electron chi connectivity index (χ4n) is 2.89. The number of hydrogen-bond donors (Lipinski definition) is 2. The van der Waals surface area contributed by atoms with Crippen LogP contribution in [0.3, 0.4) is 0 Å². The minimum atomic E-state index is -0.670. The van der Waals surface area contributed by atoms with Gasteiger partial charge in [-0.1, -0.05) is 36.4 Å². The molecule has 28 heavy (non-hydrogen) atoms. The molecule has 0 unspecified atom stereocenters. The Morgan fingerprint density at radius 1 is 1.11 bits per heavy atom. The largest absolute Gasteiger partial charge is 0.494 e. The molecular weight excluding hydrogens is 356 g/mol. The number of hydrogen-bond acceptors (Lipinski definition) is 5. The lowest BCUT2D eigenvalue weighted by atomic mass is 10.2. The molecule has 2 N–H and O–H groups in total. The molecule has 0 fully saturated rings. The van der Waals surface area contributed by atoms with Crippen LogP contribution in [0, 0.1) is 0 Å². The molecule has 2 aromatic carbocycles. The van der Waals surface area contributed by atoms with Gasteiger partial charge in [0, 0.05) is 19.8 Å². The average Bonchev–Trinajstić information content (AvgIpc) is 2.66. The summed E-state index contributed by atoms with van der Waals surface area (Å²) in [5.74, 6) is -0.400. The molecule has 1 heterocycles. The molecular formula is C21H22N4O3. The number of nitrogens with one attached hydrogen (secondary N) is 1. The van der Waals surface area contributed by atoms with E-state index in [0.717, 1.165) is 15.8 Å². The van der Waals surface area contributed by atoms with E-state index >= 15 is 0 Å². The van der Waals surface area contributed by atoms with E-state index in [4.69, 9.17) is 0 Å². The third kappa shape index (κ3) is 4.03. The quantitative estimate of drug-likeness (QED) is 0.668. The lowest BCUT2D eigenvalue weighted by Crippen LogP contribution is -2.33. The summed E-state index contributed by atoms with van der Waals surface area (Å²) in [6.07, 6.45) is 0. The van der Waals surface area contributed by atoms with Crippen LogP contribution in [0.1, 0.15) is 18.1 Å². The number of anilines is 1. The minimum absolute atomic E-state index is 0.0224. The first kappa shape index (κ1) is 19.2. The van der Waals surface area contributed by atoms with Crippen molar-refractivity contribution in [3.8, 4) is 5.88 Å². The van der Waals surface area contributed by atoms with Gasteiger partial charge in [-0.2, -0.15) is 0 Å². The zero-order valence-electron chi connectivity index (χ0n) is 16.0. The second-order valence-electron chi connectivity index (χ2n) is 6.64. The fourth-order valence-corrected chi connectivity index (χ4v) is 2.89. The van der Waals surface area contributed by atoms with Gasteiger partial charge >= 0.3 is 5.69 Å². The van der Waals surface area contributed by atoms with Crippen LogP contribution in [-0.4, -0.2) is 34.5 Å². The number of H-pyrrole nitrogens is 1. The van der Waals surface area contributed by atoms with Crippen molar-refractivity contribution < 1.29 is 5.11 Å². The van der Waals surface area contributed by atoms with E-state index < -0.39 is 17.1 Å². The van der Waals surface area contributed by atoms with Crippen molar-refractivity contribution in [1.82, 2.24) is 9.55 Å². The smallest absolute Gasteiger partial charge is 0.331 e. The van der Waals surface area contributed by atoms with E-state index in [1.54, 1.807) is 6.92 Å². The van der Waals surface area contributed by atoms with Crippen molar-refractivity contribution >= 4 is 17.1 Å². The summed E-state index contributed by atoms with van der Waals surface area (Å²) in [5.41, 5.74) is 1.38. The molecule has 0 saturated carbocycles. The fraction of sp³-hybridized carbons (Fsp3) is 0.190. The van der Waals surface area contributed by atoms with Crippen LogP contribution in [0.25, 0.3) is 0 Å². The molecule has 0 spiro atoms. The van der Waals surface area contributed by atoms with Crippen LogP contribution in [0.2, 0.25) is 0 Å². The number of benzene rings is 2. The molecule has 3 rings (SSSR count). The summed E-state index contributed by atoms with van der Waals surface area (Å²) in [5, 5.41) is 10.7. The Kier molecular flexibility index (Phi) is 5.44. The molecule has 0 bridgehead atoms. The van der Waals surface area contributed by atoms with Crippen molar-refractivity contribution in [2.24, 2.45) is 4.99 Å². The summed E-state index contributed by atoms with van der Waals surface area (Å²) in [6, 6.07) is 16.7. The standard InChI is InChI=1S/C21H22N4O3/c1-14(22-16-10-7-11-17(12-16)24(2)3)18-19(26)23-21(28)25(20(18)27)13-15-8-5-4-6-9-15/h4-12,27H,13H2,1-3H3,(H,23,26,28). The Hall–Kier alpha value is -3.61. The zero-order valence-corrected chi connectivity index (χ0v) is 16.0. The van der Waals surface area contributed by atoms with Crippen LogP contribution in [0.5, 0.6) is 5.88 Å². The molecule has 1 aromatic heterocycles. The summed E-state index contributed by atoms with van der Waals surface area (Å²) in [4.78, 5) is 33.3. The Balaban J connectivity index is 2.06. The van der Waals surface area contributed by atoms with Gasteiger partial charge in [-0.3, -0.25) is 19.3 Å². The summed E-state index contributed by atoms with van der Waals surface area (Å²) >= 11 is 0. The zero-order chi connectivity index (χ0) is 20.3. The van der Waals surface area contributed by atoms with Gasteiger partial charge in [-0.05, 0) is 30.7 Å². The van der Waals surface area contributed by atoms with Crippen molar-refractivity contribution in [2.75, 3.05) is 19.0 Å². The minimum Gasteiger partial charge on any atom is -0.494 e. The Labute approximate surface area is 162 Å². The maximum absolute atomic E-state index is 12.4. The maximum Gasteiger partial charge on any atom is 0.331 e. The van der Waals surface area contributed by atoms with Gasteiger partial charge in [-0.25, -0.2) is 4.79 Å². The second-order valence-corrected chi connectivity index (χ2v) is 6.64. The van der Waals surface area contributed by atoms with Crippen molar-refractivity contribution in [3.63, 3.8) is 0 Å². The molecule has 3 aromatic rings. The topological polar surface area (TPSA) is 90.7 Å². The van der Waals surface area contributed by atoms with Crippen LogP contribution < -0.4 is 16.1 Å². The van der Waals surface area contributed by atoms with Crippen LogP contribution in [0.4, 0.5) is 11.4 Å². The number of aliphatic imine (C=N–C) groups is 1. The number of aromatic amines is 1. The van der Waals surface area contributed by atoms with E-state index in [0.29, 0.717) is 11.4 Å². The monoisotopic (exact) mass is 378 g/mol. The lowest BCUT2D eigenvalue weighted by Gasteiger charge is -2.13. The van der Waals surface area contributed by atoms with E-state index in [-0.39, 0.29) is 12.1 Å². The average molecular weight is 378 g/mol. The first-order chi connectivity index (χ1) is 13.4. The Bertz CT molecular complexity index is 1130. The molecule has 0 saturated heterocycles. The molecule has 0 amide bonds. The van der Waals surface area contributed by atoms with Gasteiger partial charge < -0.3 is 10.0 Å². The second kappa shape index (κ2) is 7.96. The lowest BCUT2D eigenvalue weighted by molar-refractivity contribution is 0.408. The maximum atomic E-state index is 12.4. The normalized spacial score (nSPS) is 11.5. The van der Waals surface area contributed by atoms with Gasteiger partial charge in [-0.15, -0.1) is 0 Å². The predicted molar refractivity (Wildman–Crippen MR) is 111 cm³/mol. The van der Waals surface area contributed by atoms with Gasteiger partial charge in [0.05, 0.1) is 17.9 Å². The number of aromatic nitrogens is 2. The first-order valence-corrected chi connectivity index (χ1v) is 8.80. The Morgan fingerprint density at radius 2 is 1.82 bits per heavy atom. The van der Waals surface area contributed by atoms with E-state index in [1.165, 1.54) is 0 Å². The molecule has 0 atom stereocenters. The van der Waals surface area contributed by atoms with Gasteiger partial charge in [0.15, 0.2) is 0 Å². The summed E-state index contributed by atoms with van der Waals surface area (Å²) in [6.45, 7) is 1.77. The van der Waals surface area contributed by atoms with Crippen molar-refractivity contribution in [3.05, 3.63) is 86.6 Å². The summed E-state index contributed by atoms with van der Waals surface area (Å²) in [7, 11) is 3.84. The third-order valence-electron chi connectivity index (χ3n) is 4.36. The van der Waals surface area contributed by atoms with Gasteiger partial charge in [0.25, 0.3) is 5.56 Å². The number of nitrogens with zero attached hydrogens (tertiary/aromatic N) is 3. The van der Waals surface area contributed by atoms with Crippen LogP contribution in [0.15, 0.2) is 69.2 Å². The van der Waals surface area contributed by atoms with Gasteiger partial charge in [0.2, 0.25) is 5.88 Å². The Morgan fingerprint density at radius 3 is 2.50 bits per heavy atom. The highest BCUT2D eigenvalue weighted by Crippen LogP contribution is 2.22. The highest BCUT2D eigenvalue weighted by atomic mass is 16.3. The van der Waals surface area contributed by atoms with Crippen molar-refractivity contribution in [1.29, 1.82) is 0 Å². The van der Waals surface area contributed by atoms with Crippen LogP contribution in [-0.2, 0) is 6.54 Å². The highest BCUT2D eigenvalue weighted by molar-refractivity contribution is 6.01. The number of rotatable bonds is 5. The molecule has 144 valence electrons. The molecule has 0 aliphatic heterocycles. The van der Waals surface area contributed by atoms with E-state index in [1.807, 2.05) is 73.6 Å². The van der Waals surface area contributed by atoms with Crippen LogP contribution >= 0.6 is 0 Å². The first-order valence-electron chi connectivity index (χ1n) is 8.80. The molecule has 0 radical (unpaired) electrons. The van der Waals surface area contributed by atoms with Gasteiger partial charge in [0.1, 0.15) is 5.56 Å². The highest BCUT2D eigenvalue weighted by Gasteiger charge is 2.17. The van der Waals surface area contributed by atoms with E-state index in [2.05, 4.69) is 9.98 Å². The molecule has 0 aliphatic carbocycles. The molecule has 0 aliphatic rings. The molecule has 7 nitrogen and oxygen atoms in total. The van der Waals surface area contributed by atoms with Crippen molar-refractivity contribution in [2.45, 2.75) is 13.5 Å². The number of aromatic hydroxyl groups is 1. The third-order valence-corrected chi connectivity index (χ3v) is 4.36. The SMILES string of the molecule is CC(=Nc1cccc(N(C)C)c1)c1c(O)n(Cc2ccccc2)c(=O)[nH]c1=O. The molecule has 7 heteroatoms.